The van der Waals surface area contributed by atoms with Crippen molar-refractivity contribution in [3.8, 4) is 0 Å². The fourth-order valence-corrected chi connectivity index (χ4v) is 2.46. The average Bonchev–Trinajstić information content (AvgIpc) is 2.27. The first kappa shape index (κ1) is 14.9. The van der Waals surface area contributed by atoms with E-state index in [2.05, 4.69) is 39.0 Å². The zero-order chi connectivity index (χ0) is 13.5. The lowest BCUT2D eigenvalue weighted by molar-refractivity contribution is -0.119. The van der Waals surface area contributed by atoms with E-state index in [4.69, 9.17) is 0 Å². The van der Waals surface area contributed by atoms with Crippen molar-refractivity contribution >= 4 is 5.78 Å². The van der Waals surface area contributed by atoms with Gasteiger partial charge >= 0.3 is 0 Å². The molecule has 0 bridgehead atoms. The minimum atomic E-state index is 0.112. The molecule has 1 aliphatic carbocycles. The van der Waals surface area contributed by atoms with Crippen molar-refractivity contribution in [2.24, 2.45) is 5.92 Å². The first-order valence-electron chi connectivity index (χ1n) is 6.99. The highest BCUT2D eigenvalue weighted by molar-refractivity contribution is 5.81. The van der Waals surface area contributed by atoms with Crippen molar-refractivity contribution in [1.29, 1.82) is 0 Å². The van der Waals surface area contributed by atoms with Crippen LogP contribution in [0, 0.1) is 5.92 Å². The molecule has 0 saturated carbocycles. The van der Waals surface area contributed by atoms with Crippen LogP contribution in [0.2, 0.25) is 0 Å². The molecule has 0 saturated heterocycles. The van der Waals surface area contributed by atoms with Crippen LogP contribution in [0.5, 0.6) is 0 Å². The number of carbonyl (C=O) groups excluding carboxylic acids is 1. The molecule has 0 aromatic rings. The van der Waals surface area contributed by atoms with E-state index in [0.717, 1.165) is 32.1 Å². The zero-order valence-electron chi connectivity index (χ0n) is 12.3. The van der Waals surface area contributed by atoms with Gasteiger partial charge in [0.1, 0.15) is 5.78 Å². The van der Waals surface area contributed by atoms with Gasteiger partial charge in [0, 0.05) is 5.92 Å². The lowest BCUT2D eigenvalue weighted by atomic mass is 9.89. The van der Waals surface area contributed by atoms with Gasteiger partial charge in [-0.3, -0.25) is 4.79 Å². The molecule has 0 aromatic carbocycles. The maximum Gasteiger partial charge on any atom is 0.136 e. The molecule has 100 valence electrons. The van der Waals surface area contributed by atoms with Gasteiger partial charge in [0.05, 0.1) is 0 Å². The second-order valence-corrected chi connectivity index (χ2v) is 5.53. The molecule has 1 rings (SSSR count). The molecule has 1 atom stereocenters. The number of ketones is 1. The molecule has 18 heavy (non-hydrogen) atoms. The van der Waals surface area contributed by atoms with Crippen LogP contribution in [0.3, 0.4) is 0 Å². The van der Waals surface area contributed by atoms with Gasteiger partial charge in [-0.2, -0.15) is 0 Å². The first-order chi connectivity index (χ1) is 8.50. The maximum absolute atomic E-state index is 11.7. The molecule has 0 heterocycles. The lowest BCUT2D eigenvalue weighted by Gasteiger charge is -2.15. The molecule has 0 N–H and O–H groups in total. The van der Waals surface area contributed by atoms with E-state index >= 15 is 0 Å². The Morgan fingerprint density at radius 3 is 2.39 bits per heavy atom. The standard InChI is InChI=1S/C17H26O/c1-13-7-5-8-14(2)11-12-17(16(4)18)15(3)10-6-9-13/h8-10,17H,5-7,11-12H2,1-4H3/b13-9-,14-8-,15-10+. The second kappa shape index (κ2) is 7.35. The maximum atomic E-state index is 11.7. The highest BCUT2D eigenvalue weighted by Crippen LogP contribution is 2.23. The summed E-state index contributed by atoms with van der Waals surface area (Å²) in [5, 5.41) is 0. The van der Waals surface area contributed by atoms with Crippen LogP contribution in [-0.4, -0.2) is 5.78 Å². The van der Waals surface area contributed by atoms with E-state index in [9.17, 15) is 4.79 Å². The lowest BCUT2D eigenvalue weighted by Crippen LogP contribution is -2.12. The Hall–Kier alpha value is -1.11. The van der Waals surface area contributed by atoms with Crippen molar-refractivity contribution in [1.82, 2.24) is 0 Å². The van der Waals surface area contributed by atoms with Crippen LogP contribution in [0.4, 0.5) is 0 Å². The molecule has 1 aliphatic rings. The zero-order valence-corrected chi connectivity index (χ0v) is 12.3. The van der Waals surface area contributed by atoms with E-state index in [0.29, 0.717) is 5.78 Å². The normalized spacial score (nSPS) is 31.8. The summed E-state index contributed by atoms with van der Waals surface area (Å²) in [6.45, 7) is 8.19. The number of hydrogen-bond acceptors (Lipinski definition) is 1. The summed E-state index contributed by atoms with van der Waals surface area (Å²) < 4.78 is 0. The summed E-state index contributed by atoms with van der Waals surface area (Å²) in [5.41, 5.74) is 4.10. The Labute approximate surface area is 112 Å². The third kappa shape index (κ3) is 5.03. The average molecular weight is 246 g/mol. The van der Waals surface area contributed by atoms with Crippen LogP contribution in [0.15, 0.2) is 34.9 Å². The van der Waals surface area contributed by atoms with E-state index in [1.165, 1.54) is 16.7 Å². The van der Waals surface area contributed by atoms with Crippen LogP contribution in [-0.2, 0) is 4.79 Å². The van der Waals surface area contributed by atoms with Gasteiger partial charge in [-0.05, 0) is 59.8 Å². The summed E-state index contributed by atoms with van der Waals surface area (Å²) in [4.78, 5) is 11.7. The van der Waals surface area contributed by atoms with Crippen LogP contribution in [0.25, 0.3) is 0 Å². The van der Waals surface area contributed by atoms with Crippen molar-refractivity contribution < 1.29 is 4.79 Å². The SMILES string of the molecule is CC(=O)C1CC/C(C)=C\CC/C(C)=C\C/C=C/1C. The fraction of sp³-hybridized carbons (Fsp3) is 0.588. The van der Waals surface area contributed by atoms with Gasteiger partial charge in [-0.1, -0.05) is 34.9 Å². The first-order valence-corrected chi connectivity index (χ1v) is 6.99. The number of carbonyl (C=O) groups is 1. The summed E-state index contributed by atoms with van der Waals surface area (Å²) in [5.74, 6) is 0.413. The minimum Gasteiger partial charge on any atom is -0.299 e. The summed E-state index contributed by atoms with van der Waals surface area (Å²) in [6.07, 6.45) is 12.1. The molecular formula is C17H26O. The Bertz CT molecular complexity index is 382. The van der Waals surface area contributed by atoms with Gasteiger partial charge in [0.15, 0.2) is 0 Å². The number of Topliss-reactive ketones (excluding diaryl/α,β-unsaturated/α-hetero) is 1. The molecule has 0 fully saturated rings. The molecule has 0 spiro atoms. The van der Waals surface area contributed by atoms with Gasteiger partial charge in [-0.15, -0.1) is 0 Å². The van der Waals surface area contributed by atoms with Gasteiger partial charge in [0.25, 0.3) is 0 Å². The van der Waals surface area contributed by atoms with Crippen molar-refractivity contribution in [2.75, 3.05) is 0 Å². The fourth-order valence-electron chi connectivity index (χ4n) is 2.46. The van der Waals surface area contributed by atoms with Crippen molar-refractivity contribution in [2.45, 2.75) is 59.8 Å². The Balaban J connectivity index is 2.89. The van der Waals surface area contributed by atoms with E-state index in [-0.39, 0.29) is 5.92 Å². The summed E-state index contributed by atoms with van der Waals surface area (Å²) in [6, 6.07) is 0. The van der Waals surface area contributed by atoms with Crippen LogP contribution in [0.1, 0.15) is 59.8 Å². The van der Waals surface area contributed by atoms with Gasteiger partial charge < -0.3 is 0 Å². The van der Waals surface area contributed by atoms with Crippen LogP contribution >= 0.6 is 0 Å². The third-order valence-electron chi connectivity index (χ3n) is 3.81. The Morgan fingerprint density at radius 2 is 1.72 bits per heavy atom. The molecule has 0 aliphatic heterocycles. The minimum absolute atomic E-state index is 0.112. The molecule has 0 amide bonds. The van der Waals surface area contributed by atoms with E-state index < -0.39 is 0 Å². The number of allylic oxidation sites excluding steroid dienone is 6. The Kier molecular flexibility index (Phi) is 6.11. The number of rotatable bonds is 1. The second-order valence-electron chi connectivity index (χ2n) is 5.53. The Morgan fingerprint density at radius 1 is 1.06 bits per heavy atom. The predicted octanol–water partition coefficient (Wildman–Crippen LogP) is 4.99. The molecular weight excluding hydrogens is 220 g/mol. The van der Waals surface area contributed by atoms with Crippen molar-refractivity contribution in [3.63, 3.8) is 0 Å². The quantitative estimate of drug-likeness (QED) is 0.595. The largest absolute Gasteiger partial charge is 0.299 e. The van der Waals surface area contributed by atoms with Gasteiger partial charge in [0.2, 0.25) is 0 Å². The molecule has 1 heteroatoms. The highest BCUT2D eigenvalue weighted by Gasteiger charge is 2.15. The molecule has 1 nitrogen and oxygen atoms in total. The molecule has 0 aromatic heterocycles. The molecule has 1 unspecified atom stereocenters. The molecule has 0 radical (unpaired) electrons. The van der Waals surface area contributed by atoms with Crippen LogP contribution < -0.4 is 0 Å². The van der Waals surface area contributed by atoms with E-state index in [1.807, 2.05) is 0 Å². The van der Waals surface area contributed by atoms with E-state index in [1.54, 1.807) is 6.92 Å². The highest BCUT2D eigenvalue weighted by atomic mass is 16.1. The summed E-state index contributed by atoms with van der Waals surface area (Å²) in [7, 11) is 0. The monoisotopic (exact) mass is 246 g/mol. The smallest absolute Gasteiger partial charge is 0.136 e. The van der Waals surface area contributed by atoms with Crippen molar-refractivity contribution in [3.05, 3.63) is 34.9 Å². The van der Waals surface area contributed by atoms with Gasteiger partial charge in [-0.25, -0.2) is 0 Å². The predicted molar refractivity (Wildman–Crippen MR) is 78.5 cm³/mol. The number of hydrogen-bond donors (Lipinski definition) is 0. The topological polar surface area (TPSA) is 17.1 Å². The third-order valence-corrected chi connectivity index (χ3v) is 3.81. The summed E-state index contributed by atoms with van der Waals surface area (Å²) >= 11 is 0.